The van der Waals surface area contributed by atoms with Crippen molar-refractivity contribution in [3.05, 3.63) is 30.3 Å². The summed E-state index contributed by atoms with van der Waals surface area (Å²) in [5, 5.41) is 0.311. The molecule has 8 heteroatoms. The molecule has 1 unspecified atom stereocenters. The van der Waals surface area contributed by atoms with Crippen LogP contribution in [0.1, 0.15) is 27.7 Å². The molecule has 1 aromatic rings. The third-order valence-electron chi connectivity index (χ3n) is 5.28. The lowest BCUT2D eigenvalue weighted by atomic mass is 10.0. The summed E-state index contributed by atoms with van der Waals surface area (Å²) in [6.45, 7) is 12.4. The van der Waals surface area contributed by atoms with Crippen molar-refractivity contribution in [1.29, 1.82) is 0 Å². The normalized spacial score (nSPS) is 28.8. The van der Waals surface area contributed by atoms with E-state index in [1.54, 1.807) is 11.8 Å². The second-order valence-electron chi connectivity index (χ2n) is 8.49. The molecule has 1 saturated heterocycles. The van der Waals surface area contributed by atoms with Crippen LogP contribution >= 0.6 is 39.3 Å². The van der Waals surface area contributed by atoms with Crippen molar-refractivity contribution < 1.29 is 18.7 Å². The second kappa shape index (κ2) is 9.84. The summed E-state index contributed by atoms with van der Waals surface area (Å²) in [5.74, 6) is -0.347. The van der Waals surface area contributed by atoms with Crippen LogP contribution < -0.4 is 0 Å². The molecule has 0 aromatic heterocycles. The van der Waals surface area contributed by atoms with Crippen molar-refractivity contribution in [2.45, 2.75) is 79.8 Å². The van der Waals surface area contributed by atoms with Gasteiger partial charge in [0.15, 0.2) is 14.4 Å². The predicted octanol–water partition coefficient (Wildman–Crippen LogP) is 5.83. The molecule has 158 valence electrons. The quantitative estimate of drug-likeness (QED) is 0.274. The van der Waals surface area contributed by atoms with E-state index in [0.29, 0.717) is 5.33 Å². The van der Waals surface area contributed by atoms with Crippen LogP contribution in [0.5, 0.6) is 0 Å². The second-order valence-corrected chi connectivity index (χ2v) is 15.6. The van der Waals surface area contributed by atoms with Gasteiger partial charge in [0.1, 0.15) is 17.8 Å². The fourth-order valence-electron chi connectivity index (χ4n) is 2.76. The predicted molar refractivity (Wildman–Crippen MR) is 122 cm³/mol. The molecular formula is C20H30BrClO4SSi. The molecule has 0 spiro atoms. The number of thioether (sulfide) groups is 1. The molecule has 0 amide bonds. The van der Waals surface area contributed by atoms with Gasteiger partial charge in [-0.25, -0.2) is 0 Å². The van der Waals surface area contributed by atoms with Gasteiger partial charge in [-0.2, -0.15) is 0 Å². The van der Waals surface area contributed by atoms with E-state index in [0.717, 1.165) is 4.90 Å². The maximum absolute atomic E-state index is 11.9. The lowest BCUT2D eigenvalue weighted by molar-refractivity contribution is -0.177. The number of carbonyl (C=O) groups excluding carboxylic acids is 1. The SMILES string of the molecule is CC(=O)O[C@H]1[C@H](O[Si](C)(C)C(C)(C)C)[C@@H](Sc2ccccc2)C(Cl)O[C@@H]1CBr. The van der Waals surface area contributed by atoms with Crippen LogP contribution in [0.3, 0.4) is 0 Å². The summed E-state index contributed by atoms with van der Waals surface area (Å²) in [4.78, 5) is 12.9. The Morgan fingerprint density at radius 3 is 2.36 bits per heavy atom. The molecule has 0 saturated carbocycles. The third-order valence-corrected chi connectivity index (χ3v) is 12.3. The maximum Gasteiger partial charge on any atom is 0.303 e. The number of benzene rings is 1. The fourth-order valence-corrected chi connectivity index (χ4v) is 6.26. The maximum atomic E-state index is 11.9. The first-order valence-electron chi connectivity index (χ1n) is 9.38. The minimum absolute atomic E-state index is 0.0136. The summed E-state index contributed by atoms with van der Waals surface area (Å²) in [6.07, 6.45) is -1.26. The Balaban J connectivity index is 2.41. The van der Waals surface area contributed by atoms with Crippen molar-refractivity contribution in [2.24, 2.45) is 0 Å². The van der Waals surface area contributed by atoms with Gasteiger partial charge in [-0.15, -0.1) is 11.8 Å². The Labute approximate surface area is 187 Å². The largest absolute Gasteiger partial charge is 0.457 e. The molecule has 1 aromatic carbocycles. The molecule has 1 fully saturated rings. The Kier molecular flexibility index (Phi) is 8.51. The summed E-state index contributed by atoms with van der Waals surface area (Å²) in [5.41, 5.74) is -0.561. The van der Waals surface area contributed by atoms with Gasteiger partial charge in [-0.05, 0) is 30.3 Å². The standard InChI is InChI=1S/C20H30BrClO4SSi/c1-13(23)24-16-15(12-21)25-19(22)18(27-14-10-8-7-9-11-14)17(16)26-28(5,6)20(2,3)4/h7-11,15-19H,12H2,1-6H3/t15-,16-,17+,18-,19?/m1/s1. The molecule has 5 atom stereocenters. The van der Waals surface area contributed by atoms with Gasteiger partial charge in [0.05, 0.1) is 5.25 Å². The molecule has 2 rings (SSSR count). The zero-order chi connectivity index (χ0) is 21.1. The monoisotopic (exact) mass is 508 g/mol. The number of alkyl halides is 2. The Bertz CT molecular complexity index is 655. The smallest absolute Gasteiger partial charge is 0.303 e. The molecule has 0 aliphatic carbocycles. The summed E-state index contributed by atoms with van der Waals surface area (Å²) in [7, 11) is -2.15. The Hall–Kier alpha value is -0.0531. The first-order valence-corrected chi connectivity index (χ1v) is 14.7. The van der Waals surface area contributed by atoms with E-state index >= 15 is 0 Å². The highest BCUT2D eigenvalue weighted by Crippen LogP contribution is 2.44. The molecule has 4 nitrogen and oxygen atoms in total. The lowest BCUT2D eigenvalue weighted by Gasteiger charge is -2.48. The molecular weight excluding hydrogens is 480 g/mol. The zero-order valence-corrected chi connectivity index (χ0v) is 21.4. The lowest BCUT2D eigenvalue weighted by Crippen LogP contribution is -2.61. The average molecular weight is 510 g/mol. The van der Waals surface area contributed by atoms with Gasteiger partial charge in [0, 0.05) is 17.1 Å². The molecule has 0 N–H and O–H groups in total. The number of ether oxygens (including phenoxy) is 2. The summed E-state index contributed by atoms with van der Waals surface area (Å²) >= 11 is 11.8. The Morgan fingerprint density at radius 1 is 1.25 bits per heavy atom. The highest BCUT2D eigenvalue weighted by molar-refractivity contribution is 9.09. The molecule has 28 heavy (non-hydrogen) atoms. The van der Waals surface area contributed by atoms with Crippen LogP contribution in [0.2, 0.25) is 18.1 Å². The van der Waals surface area contributed by atoms with Gasteiger partial charge in [-0.1, -0.05) is 66.5 Å². The topological polar surface area (TPSA) is 44.8 Å². The minimum atomic E-state index is -2.15. The Morgan fingerprint density at radius 2 is 1.86 bits per heavy atom. The molecule has 1 aliphatic heterocycles. The zero-order valence-electron chi connectivity index (χ0n) is 17.3. The van der Waals surface area contributed by atoms with Crippen LogP contribution in [0, 0.1) is 0 Å². The number of rotatable bonds is 6. The summed E-state index contributed by atoms with van der Waals surface area (Å²) < 4.78 is 18.5. The molecule has 0 radical (unpaired) electrons. The van der Waals surface area contributed by atoms with Crippen LogP contribution in [0.15, 0.2) is 35.2 Å². The van der Waals surface area contributed by atoms with Crippen LogP contribution in [0.25, 0.3) is 0 Å². The van der Waals surface area contributed by atoms with Crippen molar-refractivity contribution in [1.82, 2.24) is 0 Å². The number of hydrogen-bond donors (Lipinski definition) is 0. The van der Waals surface area contributed by atoms with E-state index < -0.39 is 20.0 Å². The van der Waals surface area contributed by atoms with Crippen LogP contribution in [-0.2, 0) is 18.7 Å². The van der Waals surface area contributed by atoms with Gasteiger partial charge in [0.25, 0.3) is 0 Å². The molecule has 1 aliphatic rings. The van der Waals surface area contributed by atoms with Gasteiger partial charge in [0.2, 0.25) is 0 Å². The number of hydrogen-bond acceptors (Lipinski definition) is 5. The van der Waals surface area contributed by atoms with Crippen molar-refractivity contribution in [3.63, 3.8) is 0 Å². The van der Waals surface area contributed by atoms with E-state index in [-0.39, 0.29) is 28.5 Å². The van der Waals surface area contributed by atoms with E-state index in [1.807, 2.05) is 30.3 Å². The van der Waals surface area contributed by atoms with Crippen molar-refractivity contribution >= 4 is 53.6 Å². The van der Waals surface area contributed by atoms with Crippen LogP contribution in [-0.4, -0.2) is 48.7 Å². The summed E-state index contributed by atoms with van der Waals surface area (Å²) in [6, 6.07) is 10.0. The van der Waals surface area contributed by atoms with E-state index in [2.05, 4.69) is 49.8 Å². The van der Waals surface area contributed by atoms with Gasteiger partial charge >= 0.3 is 5.97 Å². The number of carbonyl (C=O) groups is 1. The third kappa shape index (κ3) is 5.98. The van der Waals surface area contributed by atoms with Crippen molar-refractivity contribution in [2.75, 3.05) is 5.33 Å². The number of halogens is 2. The highest BCUT2D eigenvalue weighted by atomic mass is 79.9. The first kappa shape index (κ1) is 24.2. The fraction of sp³-hybridized carbons (Fsp3) is 0.650. The number of esters is 1. The van der Waals surface area contributed by atoms with Gasteiger partial charge in [-0.3, -0.25) is 4.79 Å². The van der Waals surface area contributed by atoms with Crippen molar-refractivity contribution in [3.8, 4) is 0 Å². The first-order chi connectivity index (χ1) is 13.0. The van der Waals surface area contributed by atoms with E-state index in [4.69, 9.17) is 25.5 Å². The van der Waals surface area contributed by atoms with Gasteiger partial charge < -0.3 is 13.9 Å². The average Bonchev–Trinajstić information content (AvgIpc) is 2.59. The molecule has 1 heterocycles. The van der Waals surface area contributed by atoms with Crippen LogP contribution in [0.4, 0.5) is 0 Å². The van der Waals surface area contributed by atoms with E-state index in [1.165, 1.54) is 6.92 Å². The highest BCUT2D eigenvalue weighted by Gasteiger charge is 2.51. The van der Waals surface area contributed by atoms with E-state index in [9.17, 15) is 4.79 Å². The minimum Gasteiger partial charge on any atom is -0.457 e. The molecule has 0 bridgehead atoms.